The van der Waals surface area contributed by atoms with E-state index in [4.69, 9.17) is 11.6 Å². The van der Waals surface area contributed by atoms with Gasteiger partial charge in [-0.2, -0.15) is 5.10 Å². The lowest BCUT2D eigenvalue weighted by atomic mass is 10.1. The van der Waals surface area contributed by atoms with E-state index in [1.165, 1.54) is 6.20 Å². The van der Waals surface area contributed by atoms with Gasteiger partial charge in [-0.05, 0) is 18.1 Å². The summed E-state index contributed by atoms with van der Waals surface area (Å²) in [5.74, 6) is -0.453. The number of nitrogens with one attached hydrogen (secondary N) is 3. The molecule has 1 heterocycles. The second kappa shape index (κ2) is 7.09. The second-order valence-corrected chi connectivity index (χ2v) is 5.70. The summed E-state index contributed by atoms with van der Waals surface area (Å²) in [6.45, 7) is 3.85. The Labute approximate surface area is 133 Å². The minimum absolute atomic E-state index is 0.218. The van der Waals surface area contributed by atoms with Gasteiger partial charge in [-0.15, -0.1) is 0 Å². The number of aromatic nitrogens is 2. The SMILES string of the molecule is CC(C)CC(=O)NNC(=O)c1cn[nH]c1-c1ccc(Cl)cc1. The fraction of sp³-hybridized carbons (Fsp3) is 0.267. The molecule has 0 aliphatic carbocycles. The van der Waals surface area contributed by atoms with Crippen molar-refractivity contribution in [3.63, 3.8) is 0 Å². The van der Waals surface area contributed by atoms with E-state index in [0.29, 0.717) is 22.7 Å². The molecule has 0 atom stereocenters. The molecule has 0 saturated carbocycles. The summed E-state index contributed by atoms with van der Waals surface area (Å²) in [5, 5.41) is 7.27. The zero-order valence-corrected chi connectivity index (χ0v) is 13.1. The van der Waals surface area contributed by atoms with Gasteiger partial charge in [-0.1, -0.05) is 37.6 Å². The second-order valence-electron chi connectivity index (χ2n) is 5.27. The highest BCUT2D eigenvalue weighted by Gasteiger charge is 2.16. The van der Waals surface area contributed by atoms with E-state index < -0.39 is 5.91 Å². The molecule has 0 radical (unpaired) electrons. The lowest BCUT2D eigenvalue weighted by Crippen LogP contribution is -2.42. The van der Waals surface area contributed by atoms with Crippen LogP contribution in [0.5, 0.6) is 0 Å². The highest BCUT2D eigenvalue weighted by atomic mass is 35.5. The van der Waals surface area contributed by atoms with Gasteiger partial charge < -0.3 is 0 Å². The molecule has 1 aromatic carbocycles. The number of carbonyl (C=O) groups excluding carboxylic acids is 2. The lowest BCUT2D eigenvalue weighted by molar-refractivity contribution is -0.122. The van der Waals surface area contributed by atoms with E-state index >= 15 is 0 Å². The Bertz CT molecular complexity index is 664. The number of amides is 2. The van der Waals surface area contributed by atoms with Crippen LogP contribution >= 0.6 is 11.6 Å². The molecular formula is C15H17ClN4O2. The van der Waals surface area contributed by atoms with Gasteiger partial charge in [0.25, 0.3) is 5.91 Å². The third kappa shape index (κ3) is 4.08. The van der Waals surface area contributed by atoms with Crippen molar-refractivity contribution < 1.29 is 9.59 Å². The Balaban J connectivity index is 2.07. The standard InChI is InChI=1S/C15H17ClN4O2/c1-9(2)7-13(21)18-20-15(22)12-8-17-19-14(12)10-3-5-11(16)6-4-10/h3-6,8-9H,7H2,1-2H3,(H,17,19)(H,18,21)(H,20,22). The van der Waals surface area contributed by atoms with Gasteiger partial charge in [-0.3, -0.25) is 25.5 Å². The molecule has 0 aliphatic rings. The Kier molecular flexibility index (Phi) is 5.16. The Morgan fingerprint density at radius 1 is 1.23 bits per heavy atom. The van der Waals surface area contributed by atoms with Crippen molar-refractivity contribution >= 4 is 23.4 Å². The van der Waals surface area contributed by atoms with Gasteiger partial charge in [0.1, 0.15) is 0 Å². The van der Waals surface area contributed by atoms with Crippen molar-refractivity contribution in [3.8, 4) is 11.3 Å². The highest BCUT2D eigenvalue weighted by molar-refractivity contribution is 6.30. The van der Waals surface area contributed by atoms with Crippen molar-refractivity contribution in [2.45, 2.75) is 20.3 Å². The summed E-state index contributed by atoms with van der Waals surface area (Å²) in [7, 11) is 0. The third-order valence-electron chi connectivity index (χ3n) is 2.93. The van der Waals surface area contributed by atoms with E-state index in [1.54, 1.807) is 24.3 Å². The molecule has 2 rings (SSSR count). The van der Waals surface area contributed by atoms with Crippen LogP contribution in [-0.4, -0.2) is 22.0 Å². The van der Waals surface area contributed by atoms with Crippen molar-refractivity contribution in [1.82, 2.24) is 21.0 Å². The van der Waals surface area contributed by atoms with Gasteiger partial charge in [0.05, 0.1) is 17.5 Å². The maximum Gasteiger partial charge on any atom is 0.273 e. The van der Waals surface area contributed by atoms with E-state index in [2.05, 4.69) is 21.0 Å². The molecule has 1 aromatic heterocycles. The summed E-state index contributed by atoms with van der Waals surface area (Å²) in [5.41, 5.74) is 6.46. The van der Waals surface area contributed by atoms with Crippen LogP contribution in [0.3, 0.4) is 0 Å². The first-order chi connectivity index (χ1) is 10.5. The van der Waals surface area contributed by atoms with Gasteiger partial charge in [0.2, 0.25) is 5.91 Å². The van der Waals surface area contributed by atoms with Crippen LogP contribution in [0.1, 0.15) is 30.6 Å². The number of hydrogen-bond acceptors (Lipinski definition) is 3. The van der Waals surface area contributed by atoms with Crippen LogP contribution in [0.4, 0.5) is 0 Å². The minimum Gasteiger partial charge on any atom is -0.277 e. The molecule has 0 aliphatic heterocycles. The predicted octanol–water partition coefficient (Wildman–Crippen LogP) is 2.54. The minimum atomic E-state index is -0.434. The van der Waals surface area contributed by atoms with Crippen LogP contribution in [0, 0.1) is 5.92 Å². The van der Waals surface area contributed by atoms with E-state index in [-0.39, 0.29) is 11.8 Å². The molecule has 0 bridgehead atoms. The molecule has 7 heteroatoms. The van der Waals surface area contributed by atoms with Gasteiger partial charge in [0.15, 0.2) is 0 Å². The molecule has 0 saturated heterocycles. The summed E-state index contributed by atoms with van der Waals surface area (Å²) >= 11 is 5.85. The molecule has 116 valence electrons. The number of H-pyrrole nitrogens is 1. The quantitative estimate of drug-likeness (QED) is 0.756. The number of nitrogens with zero attached hydrogens (tertiary/aromatic N) is 1. The first-order valence-electron chi connectivity index (χ1n) is 6.86. The van der Waals surface area contributed by atoms with Gasteiger partial charge in [-0.25, -0.2) is 0 Å². The molecule has 0 fully saturated rings. The normalized spacial score (nSPS) is 10.5. The largest absolute Gasteiger partial charge is 0.277 e. The number of hydrogen-bond donors (Lipinski definition) is 3. The lowest BCUT2D eigenvalue weighted by Gasteiger charge is -2.09. The Morgan fingerprint density at radius 3 is 2.55 bits per heavy atom. The number of rotatable bonds is 4. The molecule has 22 heavy (non-hydrogen) atoms. The first-order valence-corrected chi connectivity index (χ1v) is 7.23. The molecule has 3 N–H and O–H groups in total. The first kappa shape index (κ1) is 16.0. The van der Waals surface area contributed by atoms with Crippen molar-refractivity contribution in [1.29, 1.82) is 0 Å². The van der Waals surface area contributed by atoms with Gasteiger partial charge in [0, 0.05) is 17.0 Å². The number of halogens is 1. The van der Waals surface area contributed by atoms with Crippen LogP contribution in [-0.2, 0) is 4.79 Å². The smallest absolute Gasteiger partial charge is 0.273 e. The molecule has 6 nitrogen and oxygen atoms in total. The van der Waals surface area contributed by atoms with Crippen molar-refractivity contribution in [2.24, 2.45) is 5.92 Å². The van der Waals surface area contributed by atoms with Gasteiger partial charge >= 0.3 is 0 Å². The predicted molar refractivity (Wildman–Crippen MR) is 84.1 cm³/mol. The van der Waals surface area contributed by atoms with E-state index in [1.807, 2.05) is 13.8 Å². The Morgan fingerprint density at radius 2 is 1.91 bits per heavy atom. The number of hydrazine groups is 1. The average molecular weight is 321 g/mol. The van der Waals surface area contributed by atoms with Crippen LogP contribution in [0.2, 0.25) is 5.02 Å². The van der Waals surface area contributed by atoms with Crippen LogP contribution in [0.15, 0.2) is 30.5 Å². The van der Waals surface area contributed by atoms with Crippen molar-refractivity contribution in [3.05, 3.63) is 41.0 Å². The van der Waals surface area contributed by atoms with E-state index in [9.17, 15) is 9.59 Å². The Hall–Kier alpha value is -2.34. The summed E-state index contributed by atoms with van der Waals surface area (Å²) in [6, 6.07) is 7.02. The molecule has 2 amide bonds. The maximum absolute atomic E-state index is 12.1. The highest BCUT2D eigenvalue weighted by Crippen LogP contribution is 2.22. The molecule has 2 aromatic rings. The fourth-order valence-electron chi connectivity index (χ4n) is 1.91. The topological polar surface area (TPSA) is 86.9 Å². The molecular weight excluding hydrogens is 304 g/mol. The van der Waals surface area contributed by atoms with Crippen molar-refractivity contribution in [2.75, 3.05) is 0 Å². The number of aromatic amines is 1. The summed E-state index contributed by atoms with van der Waals surface area (Å²) in [6.07, 6.45) is 1.75. The molecule has 0 spiro atoms. The molecule has 0 unspecified atom stereocenters. The number of benzene rings is 1. The number of carbonyl (C=O) groups is 2. The zero-order valence-electron chi connectivity index (χ0n) is 12.3. The van der Waals surface area contributed by atoms with E-state index in [0.717, 1.165) is 5.56 Å². The monoisotopic (exact) mass is 320 g/mol. The zero-order chi connectivity index (χ0) is 16.1. The fourth-order valence-corrected chi connectivity index (χ4v) is 2.04. The summed E-state index contributed by atoms with van der Waals surface area (Å²) in [4.78, 5) is 23.7. The van der Waals surface area contributed by atoms with Crippen LogP contribution < -0.4 is 10.9 Å². The third-order valence-corrected chi connectivity index (χ3v) is 3.18. The maximum atomic E-state index is 12.1. The van der Waals surface area contributed by atoms with Crippen LogP contribution in [0.25, 0.3) is 11.3 Å². The average Bonchev–Trinajstić information content (AvgIpc) is 2.94. The summed E-state index contributed by atoms with van der Waals surface area (Å²) < 4.78 is 0.